The number of hydrogen-bond acceptors (Lipinski definition) is 3. The quantitative estimate of drug-likeness (QED) is 0.827. The van der Waals surface area contributed by atoms with Gasteiger partial charge in [0, 0.05) is 19.3 Å². The fourth-order valence-corrected chi connectivity index (χ4v) is 2.70. The van der Waals surface area contributed by atoms with Gasteiger partial charge in [0.15, 0.2) is 0 Å². The third kappa shape index (κ3) is 5.01. The summed E-state index contributed by atoms with van der Waals surface area (Å²) in [7, 11) is 0. The predicted molar refractivity (Wildman–Crippen MR) is 86.9 cm³/mol. The fraction of sp³-hybridized carbons (Fsp3) is 0.667. The fourth-order valence-electron chi connectivity index (χ4n) is 2.70. The van der Waals surface area contributed by atoms with Gasteiger partial charge in [-0.15, -0.1) is 0 Å². The van der Waals surface area contributed by atoms with Crippen LogP contribution >= 0.6 is 0 Å². The number of rotatable bonds is 7. The first-order valence-corrected chi connectivity index (χ1v) is 8.25. The van der Waals surface area contributed by atoms with Gasteiger partial charge >= 0.3 is 0 Å². The van der Waals surface area contributed by atoms with E-state index in [9.17, 15) is 0 Å². The van der Waals surface area contributed by atoms with Crippen LogP contribution in [0, 0.1) is 12.8 Å². The third-order valence-electron chi connectivity index (χ3n) is 4.21. The molecule has 0 bridgehead atoms. The topological polar surface area (TPSA) is 30.5 Å². The average molecular weight is 291 g/mol. The lowest BCUT2D eigenvalue weighted by atomic mass is 10.0. The summed E-state index contributed by atoms with van der Waals surface area (Å²) in [4.78, 5) is 0. The molecule has 1 fully saturated rings. The monoisotopic (exact) mass is 291 g/mol. The molecule has 1 atom stereocenters. The molecule has 0 aliphatic carbocycles. The summed E-state index contributed by atoms with van der Waals surface area (Å²) >= 11 is 0. The summed E-state index contributed by atoms with van der Waals surface area (Å²) in [6, 6.07) is 6.94. The van der Waals surface area contributed by atoms with E-state index in [2.05, 4.69) is 44.3 Å². The molecule has 1 aromatic carbocycles. The highest BCUT2D eigenvalue weighted by Crippen LogP contribution is 2.24. The molecule has 1 saturated heterocycles. The molecular formula is C18H29NO2. The second kappa shape index (κ2) is 8.40. The van der Waals surface area contributed by atoms with E-state index >= 15 is 0 Å². The van der Waals surface area contributed by atoms with E-state index in [-0.39, 0.29) is 0 Å². The zero-order valence-electron chi connectivity index (χ0n) is 13.7. The van der Waals surface area contributed by atoms with Crippen LogP contribution < -0.4 is 10.1 Å². The molecule has 0 spiro atoms. The number of ether oxygens (including phenoxy) is 2. The Kier molecular flexibility index (Phi) is 6.52. The number of benzene rings is 1. The van der Waals surface area contributed by atoms with Gasteiger partial charge in [-0.1, -0.05) is 19.1 Å². The van der Waals surface area contributed by atoms with Crippen LogP contribution in [-0.2, 0) is 4.74 Å². The Labute approximate surface area is 129 Å². The molecule has 0 aromatic heterocycles. The molecule has 0 amide bonds. The van der Waals surface area contributed by atoms with E-state index in [0.717, 1.165) is 51.4 Å². The van der Waals surface area contributed by atoms with Crippen LogP contribution in [0.25, 0.3) is 0 Å². The molecule has 3 nitrogen and oxygen atoms in total. The van der Waals surface area contributed by atoms with Crippen molar-refractivity contribution in [2.24, 2.45) is 5.92 Å². The molecule has 2 rings (SSSR count). The Balaban J connectivity index is 1.89. The predicted octanol–water partition coefficient (Wildman–Crippen LogP) is 3.86. The van der Waals surface area contributed by atoms with Crippen molar-refractivity contribution in [2.75, 3.05) is 26.4 Å². The SMILES string of the molecule is CCCNC(C)c1ccc(OCC2CCOCC2)c(C)c1. The second-order valence-electron chi connectivity index (χ2n) is 6.07. The maximum atomic E-state index is 6.02. The molecule has 0 saturated carbocycles. The zero-order valence-corrected chi connectivity index (χ0v) is 13.7. The van der Waals surface area contributed by atoms with Crippen molar-refractivity contribution < 1.29 is 9.47 Å². The highest BCUT2D eigenvalue weighted by atomic mass is 16.5. The van der Waals surface area contributed by atoms with E-state index in [1.165, 1.54) is 11.1 Å². The smallest absolute Gasteiger partial charge is 0.122 e. The summed E-state index contributed by atoms with van der Waals surface area (Å²) in [6.45, 7) is 10.2. The van der Waals surface area contributed by atoms with Gasteiger partial charge in [-0.2, -0.15) is 0 Å². The Morgan fingerprint density at radius 1 is 1.33 bits per heavy atom. The van der Waals surface area contributed by atoms with Gasteiger partial charge in [0.2, 0.25) is 0 Å². The van der Waals surface area contributed by atoms with Crippen LogP contribution in [0.2, 0.25) is 0 Å². The molecule has 3 heteroatoms. The average Bonchev–Trinajstić information content (AvgIpc) is 2.52. The van der Waals surface area contributed by atoms with Gasteiger partial charge in [0.25, 0.3) is 0 Å². The maximum absolute atomic E-state index is 6.02. The lowest BCUT2D eigenvalue weighted by molar-refractivity contribution is 0.0496. The zero-order chi connectivity index (χ0) is 15.1. The summed E-state index contributed by atoms with van der Waals surface area (Å²) in [5.74, 6) is 1.66. The third-order valence-corrected chi connectivity index (χ3v) is 4.21. The summed E-state index contributed by atoms with van der Waals surface area (Å²) < 4.78 is 11.4. The first-order valence-electron chi connectivity index (χ1n) is 8.25. The minimum Gasteiger partial charge on any atom is -0.493 e. The molecule has 118 valence electrons. The Bertz CT molecular complexity index is 427. The molecule has 1 unspecified atom stereocenters. The van der Waals surface area contributed by atoms with Crippen molar-refractivity contribution in [3.05, 3.63) is 29.3 Å². The Hall–Kier alpha value is -1.06. The van der Waals surface area contributed by atoms with Crippen LogP contribution in [0.15, 0.2) is 18.2 Å². The molecule has 1 aliphatic rings. The molecule has 1 heterocycles. The minimum atomic E-state index is 0.396. The van der Waals surface area contributed by atoms with Crippen LogP contribution in [0.1, 0.15) is 50.3 Å². The Morgan fingerprint density at radius 3 is 2.76 bits per heavy atom. The number of hydrogen-bond donors (Lipinski definition) is 1. The molecule has 1 N–H and O–H groups in total. The van der Waals surface area contributed by atoms with Gasteiger partial charge in [-0.25, -0.2) is 0 Å². The van der Waals surface area contributed by atoms with E-state index in [0.29, 0.717) is 12.0 Å². The number of aryl methyl sites for hydroxylation is 1. The van der Waals surface area contributed by atoms with Gasteiger partial charge in [0.1, 0.15) is 5.75 Å². The molecule has 1 aliphatic heterocycles. The van der Waals surface area contributed by atoms with E-state index in [4.69, 9.17) is 9.47 Å². The molecular weight excluding hydrogens is 262 g/mol. The second-order valence-corrected chi connectivity index (χ2v) is 6.07. The molecule has 1 aromatic rings. The Morgan fingerprint density at radius 2 is 2.10 bits per heavy atom. The van der Waals surface area contributed by atoms with Gasteiger partial charge in [-0.05, 0) is 62.8 Å². The van der Waals surface area contributed by atoms with Crippen LogP contribution in [0.4, 0.5) is 0 Å². The highest BCUT2D eigenvalue weighted by molar-refractivity contribution is 5.37. The maximum Gasteiger partial charge on any atom is 0.122 e. The van der Waals surface area contributed by atoms with Crippen LogP contribution in [0.3, 0.4) is 0 Å². The van der Waals surface area contributed by atoms with Crippen LogP contribution in [0.5, 0.6) is 5.75 Å². The van der Waals surface area contributed by atoms with E-state index < -0.39 is 0 Å². The first-order chi connectivity index (χ1) is 10.2. The minimum absolute atomic E-state index is 0.396. The normalized spacial score (nSPS) is 17.7. The van der Waals surface area contributed by atoms with Crippen molar-refractivity contribution in [1.82, 2.24) is 5.32 Å². The highest BCUT2D eigenvalue weighted by Gasteiger charge is 2.15. The van der Waals surface area contributed by atoms with Crippen molar-refractivity contribution in [1.29, 1.82) is 0 Å². The molecule has 0 radical (unpaired) electrons. The van der Waals surface area contributed by atoms with E-state index in [1.54, 1.807) is 0 Å². The number of nitrogens with one attached hydrogen (secondary N) is 1. The van der Waals surface area contributed by atoms with E-state index in [1.807, 2.05) is 0 Å². The lowest BCUT2D eigenvalue weighted by Crippen LogP contribution is -2.22. The van der Waals surface area contributed by atoms with Crippen molar-refractivity contribution in [3.63, 3.8) is 0 Å². The van der Waals surface area contributed by atoms with Gasteiger partial charge < -0.3 is 14.8 Å². The summed E-state index contributed by atoms with van der Waals surface area (Å²) in [6.07, 6.45) is 3.40. The standard InChI is InChI=1S/C18H29NO2/c1-4-9-19-15(3)17-5-6-18(14(2)12-17)21-13-16-7-10-20-11-8-16/h5-6,12,15-16,19H,4,7-11,13H2,1-3H3. The van der Waals surface area contributed by atoms with Crippen molar-refractivity contribution in [3.8, 4) is 5.75 Å². The van der Waals surface area contributed by atoms with Crippen molar-refractivity contribution in [2.45, 2.75) is 46.1 Å². The molecule has 21 heavy (non-hydrogen) atoms. The summed E-state index contributed by atoms with van der Waals surface area (Å²) in [5.41, 5.74) is 2.56. The van der Waals surface area contributed by atoms with Gasteiger partial charge in [-0.3, -0.25) is 0 Å². The van der Waals surface area contributed by atoms with Crippen molar-refractivity contribution >= 4 is 0 Å². The lowest BCUT2D eigenvalue weighted by Gasteiger charge is -2.23. The van der Waals surface area contributed by atoms with Crippen LogP contribution in [-0.4, -0.2) is 26.4 Å². The largest absolute Gasteiger partial charge is 0.493 e. The summed E-state index contributed by atoms with van der Waals surface area (Å²) in [5, 5.41) is 3.52. The first kappa shape index (κ1) is 16.3. The van der Waals surface area contributed by atoms with Gasteiger partial charge in [0.05, 0.1) is 6.61 Å².